The number of rotatable bonds is 9. The Balaban J connectivity index is 1.51. The largest absolute Gasteiger partial charge is 0.415 e. The van der Waals surface area contributed by atoms with Crippen molar-refractivity contribution in [3.05, 3.63) is 64.5 Å². The Morgan fingerprint density at radius 1 is 1.06 bits per heavy atom. The van der Waals surface area contributed by atoms with Gasteiger partial charge in [-0.2, -0.15) is 8.78 Å². The maximum Gasteiger partial charge on any atom is 0.314 e. The fraction of sp³-hybridized carbons (Fsp3) is 0.364. The minimum absolute atomic E-state index is 0.0142. The molecule has 0 atom stereocenters. The average molecular weight is 501 g/mol. The topological polar surface area (TPSA) is 45.4 Å². The first-order valence-corrected chi connectivity index (χ1v) is 11.7. The Kier molecular flexibility index (Phi) is 7.77. The molecule has 0 aliphatic carbocycles. The van der Waals surface area contributed by atoms with E-state index in [1.54, 1.807) is 6.07 Å². The molecule has 0 spiro atoms. The lowest BCUT2D eigenvalue weighted by atomic mass is 10.1. The molecule has 0 amide bonds. The number of hydrogen-bond donors (Lipinski definition) is 0. The van der Waals surface area contributed by atoms with Gasteiger partial charge < -0.3 is 13.6 Å². The Labute approximate surface area is 197 Å². The summed E-state index contributed by atoms with van der Waals surface area (Å²) in [6, 6.07) is 8.63. The third-order valence-electron chi connectivity index (χ3n) is 5.29. The van der Waals surface area contributed by atoms with Gasteiger partial charge in [0.2, 0.25) is 5.89 Å². The van der Waals surface area contributed by atoms with Crippen molar-refractivity contribution >= 4 is 29.2 Å². The van der Waals surface area contributed by atoms with Crippen LogP contribution in [0.25, 0.3) is 11.5 Å². The van der Waals surface area contributed by atoms with E-state index in [4.69, 9.17) is 16.0 Å². The standard InChI is InChI=1S/C22H21ClF4N4OS/c23-17-12-16(5-6-18(17)24)31(33-10-9-30-7-1-2-8-30)13-15-4-3-14(11-19(15)25)21-28-29-22(32-21)20(26)27/h3-6,11-12,20H,1-2,7-10,13H2. The molecule has 2 aromatic carbocycles. The average Bonchev–Trinajstić information content (AvgIpc) is 3.48. The number of halogens is 5. The number of benzene rings is 2. The van der Waals surface area contributed by atoms with Gasteiger partial charge in [0.15, 0.2) is 0 Å². The summed E-state index contributed by atoms with van der Waals surface area (Å²) in [7, 11) is 0. The molecular formula is C22H21ClF4N4OS. The molecule has 1 aliphatic heterocycles. The van der Waals surface area contributed by atoms with E-state index in [1.165, 1.54) is 55.1 Å². The molecule has 4 rings (SSSR count). The quantitative estimate of drug-likeness (QED) is 0.252. The van der Waals surface area contributed by atoms with Crippen LogP contribution in [0.5, 0.6) is 0 Å². The summed E-state index contributed by atoms with van der Waals surface area (Å²) in [5, 5.41) is 6.80. The van der Waals surface area contributed by atoms with Crippen LogP contribution in [0.3, 0.4) is 0 Å². The zero-order valence-electron chi connectivity index (χ0n) is 17.5. The van der Waals surface area contributed by atoms with E-state index in [0.717, 1.165) is 25.4 Å². The molecule has 11 heteroatoms. The van der Waals surface area contributed by atoms with Gasteiger partial charge in [-0.3, -0.25) is 0 Å². The molecule has 1 fully saturated rings. The second kappa shape index (κ2) is 10.8. The summed E-state index contributed by atoms with van der Waals surface area (Å²) >= 11 is 7.48. The van der Waals surface area contributed by atoms with Gasteiger partial charge in [-0.1, -0.05) is 17.7 Å². The Morgan fingerprint density at radius 2 is 1.85 bits per heavy atom. The number of nitrogens with zero attached hydrogens (tertiary/aromatic N) is 4. The normalized spacial score (nSPS) is 14.4. The predicted octanol–water partition coefficient (Wildman–Crippen LogP) is 6.36. The van der Waals surface area contributed by atoms with Gasteiger partial charge in [-0.05, 0) is 68.2 Å². The summed E-state index contributed by atoms with van der Waals surface area (Å²) in [6.07, 6.45) is -0.513. The number of hydrogen-bond acceptors (Lipinski definition) is 6. The Morgan fingerprint density at radius 3 is 2.52 bits per heavy atom. The first kappa shape index (κ1) is 23.8. The summed E-state index contributed by atoms with van der Waals surface area (Å²) in [4.78, 5) is 2.37. The minimum atomic E-state index is -2.90. The molecule has 0 saturated carbocycles. The maximum atomic E-state index is 14.9. The smallest absolute Gasteiger partial charge is 0.314 e. The van der Waals surface area contributed by atoms with E-state index in [0.29, 0.717) is 11.3 Å². The van der Waals surface area contributed by atoms with Crippen LogP contribution in [0.1, 0.15) is 30.7 Å². The van der Waals surface area contributed by atoms with Crippen LogP contribution in [0.2, 0.25) is 5.02 Å². The first-order chi connectivity index (χ1) is 15.9. The molecule has 1 saturated heterocycles. The molecular weight excluding hydrogens is 480 g/mol. The van der Waals surface area contributed by atoms with E-state index in [2.05, 4.69) is 15.1 Å². The molecule has 1 aliphatic rings. The van der Waals surface area contributed by atoms with Crippen LogP contribution < -0.4 is 4.31 Å². The van der Waals surface area contributed by atoms with Crippen LogP contribution in [-0.2, 0) is 6.54 Å². The van der Waals surface area contributed by atoms with E-state index in [9.17, 15) is 17.6 Å². The van der Waals surface area contributed by atoms with Gasteiger partial charge in [-0.25, -0.2) is 8.78 Å². The van der Waals surface area contributed by atoms with Crippen molar-refractivity contribution in [2.24, 2.45) is 0 Å². The molecule has 0 N–H and O–H groups in total. The molecule has 33 heavy (non-hydrogen) atoms. The SMILES string of the molecule is Fc1ccc(N(Cc2ccc(-c3nnc(C(F)F)o3)cc2F)SCCN2CCCC2)cc1Cl. The van der Waals surface area contributed by atoms with E-state index in [1.807, 2.05) is 4.31 Å². The molecule has 2 heterocycles. The second-order valence-electron chi connectivity index (χ2n) is 7.57. The highest BCUT2D eigenvalue weighted by molar-refractivity contribution is 8.00. The van der Waals surface area contributed by atoms with Gasteiger partial charge in [0.25, 0.3) is 5.89 Å². The van der Waals surface area contributed by atoms with Crippen molar-refractivity contribution in [1.29, 1.82) is 0 Å². The number of anilines is 1. The molecule has 1 aromatic heterocycles. The Bertz CT molecular complexity index is 1090. The molecule has 5 nitrogen and oxygen atoms in total. The molecule has 176 valence electrons. The highest BCUT2D eigenvalue weighted by Gasteiger charge is 2.19. The zero-order valence-corrected chi connectivity index (χ0v) is 19.1. The monoisotopic (exact) mass is 500 g/mol. The third kappa shape index (κ3) is 5.99. The van der Waals surface area contributed by atoms with E-state index in [-0.39, 0.29) is 23.0 Å². The number of aromatic nitrogens is 2. The summed E-state index contributed by atoms with van der Waals surface area (Å²) in [6.45, 7) is 3.22. The van der Waals surface area contributed by atoms with Gasteiger partial charge in [0.05, 0.1) is 11.6 Å². The van der Waals surface area contributed by atoms with Gasteiger partial charge >= 0.3 is 6.43 Å². The van der Waals surface area contributed by atoms with Gasteiger partial charge in [0.1, 0.15) is 11.6 Å². The van der Waals surface area contributed by atoms with Crippen molar-refractivity contribution in [2.45, 2.75) is 25.8 Å². The molecule has 0 radical (unpaired) electrons. The van der Waals surface area contributed by atoms with E-state index >= 15 is 0 Å². The van der Waals surface area contributed by atoms with Crippen molar-refractivity contribution in [2.75, 3.05) is 29.7 Å². The van der Waals surface area contributed by atoms with Crippen molar-refractivity contribution in [3.8, 4) is 11.5 Å². The molecule has 3 aromatic rings. The highest BCUT2D eigenvalue weighted by atomic mass is 35.5. The lowest BCUT2D eigenvalue weighted by molar-refractivity contribution is 0.116. The zero-order chi connectivity index (χ0) is 23.4. The molecule has 0 bridgehead atoms. The van der Waals surface area contributed by atoms with Crippen molar-refractivity contribution in [3.63, 3.8) is 0 Å². The maximum absolute atomic E-state index is 14.9. The summed E-state index contributed by atoms with van der Waals surface area (Å²) in [5.41, 5.74) is 1.21. The predicted molar refractivity (Wildman–Crippen MR) is 120 cm³/mol. The Hall–Kier alpha value is -2.30. The van der Waals surface area contributed by atoms with Gasteiger partial charge in [-0.15, -0.1) is 10.2 Å². The van der Waals surface area contributed by atoms with Crippen LogP contribution in [-0.4, -0.2) is 40.5 Å². The summed E-state index contributed by atoms with van der Waals surface area (Å²) in [5.74, 6) is -1.31. The van der Waals surface area contributed by atoms with Crippen molar-refractivity contribution < 1.29 is 22.0 Å². The number of likely N-dealkylation sites (tertiary alicyclic amines) is 1. The second-order valence-corrected chi connectivity index (χ2v) is 9.08. The van der Waals surface area contributed by atoms with Crippen LogP contribution in [0.15, 0.2) is 40.8 Å². The lowest BCUT2D eigenvalue weighted by Crippen LogP contribution is -2.24. The summed E-state index contributed by atoms with van der Waals surface area (Å²) < 4.78 is 60.7. The van der Waals surface area contributed by atoms with Crippen LogP contribution in [0, 0.1) is 11.6 Å². The number of alkyl halides is 2. The first-order valence-electron chi connectivity index (χ1n) is 10.4. The van der Waals surface area contributed by atoms with E-state index < -0.39 is 24.0 Å². The van der Waals surface area contributed by atoms with Crippen LogP contribution >= 0.6 is 23.5 Å². The molecule has 0 unspecified atom stereocenters. The fourth-order valence-electron chi connectivity index (χ4n) is 3.54. The van der Waals surface area contributed by atoms with Crippen LogP contribution in [0.4, 0.5) is 23.2 Å². The third-order valence-corrected chi connectivity index (χ3v) is 6.59. The lowest BCUT2D eigenvalue weighted by Gasteiger charge is -2.25. The minimum Gasteiger partial charge on any atom is -0.415 e. The fourth-order valence-corrected chi connectivity index (χ4v) is 4.77. The van der Waals surface area contributed by atoms with Crippen molar-refractivity contribution in [1.82, 2.24) is 15.1 Å². The van der Waals surface area contributed by atoms with Gasteiger partial charge in [0, 0.05) is 29.1 Å². The highest BCUT2D eigenvalue weighted by Crippen LogP contribution is 2.31.